The molecule has 0 unspecified atom stereocenters. The van der Waals surface area contributed by atoms with Crippen molar-refractivity contribution in [2.75, 3.05) is 19.6 Å². The number of aryl methyl sites for hydroxylation is 2. The van der Waals surface area contributed by atoms with E-state index in [0.717, 1.165) is 42.7 Å². The Bertz CT molecular complexity index is 807. The number of rotatable bonds is 6. The van der Waals surface area contributed by atoms with Crippen molar-refractivity contribution in [1.29, 1.82) is 0 Å². The highest BCUT2D eigenvalue weighted by Crippen LogP contribution is 2.26. The molecule has 1 aliphatic heterocycles. The third-order valence-electron chi connectivity index (χ3n) is 5.55. The van der Waals surface area contributed by atoms with Gasteiger partial charge in [-0.25, -0.2) is 0 Å². The molecule has 3 rings (SSSR count). The Kier molecular flexibility index (Phi) is 6.89. The van der Waals surface area contributed by atoms with Gasteiger partial charge in [0, 0.05) is 36.1 Å². The summed E-state index contributed by atoms with van der Waals surface area (Å²) in [4.78, 5) is 32.0. The van der Waals surface area contributed by atoms with Gasteiger partial charge in [0.25, 0.3) is 11.8 Å². The molecule has 0 spiro atoms. The second-order valence-electron chi connectivity index (χ2n) is 7.43. The minimum absolute atomic E-state index is 0.0916. The summed E-state index contributed by atoms with van der Waals surface area (Å²) in [5.41, 5.74) is 2.01. The van der Waals surface area contributed by atoms with E-state index in [-0.39, 0.29) is 17.9 Å². The number of carbonyl (C=O) groups excluding carboxylic acids is 2. The van der Waals surface area contributed by atoms with Gasteiger partial charge in [-0.2, -0.15) is 0 Å². The van der Waals surface area contributed by atoms with E-state index < -0.39 is 0 Å². The molecule has 0 saturated carbocycles. The molecule has 1 aliphatic rings. The lowest BCUT2D eigenvalue weighted by molar-refractivity contribution is 0.0522. The Morgan fingerprint density at radius 3 is 2.39 bits per heavy atom. The first-order chi connectivity index (χ1) is 13.5. The largest absolute Gasteiger partial charge is 0.338 e. The minimum atomic E-state index is 0.0916. The Morgan fingerprint density at radius 2 is 1.82 bits per heavy atom. The number of hydrogen-bond donors (Lipinski definition) is 0. The highest BCUT2D eigenvalue weighted by atomic mass is 32.1. The fourth-order valence-electron chi connectivity index (χ4n) is 3.95. The van der Waals surface area contributed by atoms with Crippen LogP contribution in [0.15, 0.2) is 36.4 Å². The summed E-state index contributed by atoms with van der Waals surface area (Å²) in [5, 5.41) is 0. The van der Waals surface area contributed by atoms with Gasteiger partial charge in [0.2, 0.25) is 0 Å². The van der Waals surface area contributed by atoms with Gasteiger partial charge in [-0.05, 0) is 56.4 Å². The molecular weight excluding hydrogens is 368 g/mol. The summed E-state index contributed by atoms with van der Waals surface area (Å²) >= 11 is 1.61. The zero-order valence-electron chi connectivity index (χ0n) is 17.1. The molecule has 2 aromatic rings. The average Bonchev–Trinajstić information content (AvgIpc) is 3.12. The first kappa shape index (κ1) is 20.6. The maximum absolute atomic E-state index is 13.2. The lowest BCUT2D eigenvalue weighted by Gasteiger charge is -2.38. The van der Waals surface area contributed by atoms with E-state index in [1.54, 1.807) is 11.3 Å². The topological polar surface area (TPSA) is 40.6 Å². The van der Waals surface area contributed by atoms with Crippen molar-refractivity contribution in [3.05, 3.63) is 57.3 Å². The third kappa shape index (κ3) is 4.46. The van der Waals surface area contributed by atoms with E-state index in [1.165, 1.54) is 10.4 Å². The number of thiophene rings is 1. The van der Waals surface area contributed by atoms with Crippen LogP contribution in [0.25, 0.3) is 0 Å². The molecule has 0 bridgehead atoms. The zero-order chi connectivity index (χ0) is 20.1. The Morgan fingerprint density at radius 1 is 1.14 bits per heavy atom. The molecule has 28 heavy (non-hydrogen) atoms. The summed E-state index contributed by atoms with van der Waals surface area (Å²) < 4.78 is 0. The SMILES string of the molecule is CCCN(C(=O)c1cc(CC)c(C)s1)C1CCN(C(=O)c2ccccc2)CC1. The fraction of sp³-hybridized carbons (Fsp3) is 0.478. The second-order valence-corrected chi connectivity index (χ2v) is 8.69. The fourth-order valence-corrected chi connectivity index (χ4v) is 5.02. The van der Waals surface area contributed by atoms with Crippen molar-refractivity contribution < 1.29 is 9.59 Å². The maximum Gasteiger partial charge on any atom is 0.264 e. The van der Waals surface area contributed by atoms with E-state index in [4.69, 9.17) is 0 Å². The molecule has 0 aliphatic carbocycles. The molecule has 1 aromatic carbocycles. The van der Waals surface area contributed by atoms with Crippen molar-refractivity contribution in [2.24, 2.45) is 0 Å². The summed E-state index contributed by atoms with van der Waals surface area (Å²) in [7, 11) is 0. The third-order valence-corrected chi connectivity index (χ3v) is 6.63. The van der Waals surface area contributed by atoms with Crippen LogP contribution >= 0.6 is 11.3 Å². The molecule has 5 heteroatoms. The van der Waals surface area contributed by atoms with Crippen LogP contribution in [0.5, 0.6) is 0 Å². The van der Waals surface area contributed by atoms with Crippen LogP contribution in [-0.2, 0) is 6.42 Å². The molecule has 150 valence electrons. The van der Waals surface area contributed by atoms with Crippen LogP contribution in [0.4, 0.5) is 0 Å². The van der Waals surface area contributed by atoms with Crippen LogP contribution < -0.4 is 0 Å². The van der Waals surface area contributed by atoms with Gasteiger partial charge in [0.05, 0.1) is 4.88 Å². The lowest BCUT2D eigenvalue weighted by Crippen LogP contribution is -2.49. The number of benzene rings is 1. The van der Waals surface area contributed by atoms with E-state index in [2.05, 4.69) is 31.7 Å². The normalized spacial score (nSPS) is 14.9. The van der Waals surface area contributed by atoms with Crippen LogP contribution in [0, 0.1) is 6.92 Å². The smallest absolute Gasteiger partial charge is 0.264 e. The average molecular weight is 399 g/mol. The molecule has 4 nitrogen and oxygen atoms in total. The molecule has 1 fully saturated rings. The van der Waals surface area contributed by atoms with Gasteiger partial charge in [-0.1, -0.05) is 32.0 Å². The van der Waals surface area contributed by atoms with E-state index in [1.807, 2.05) is 35.2 Å². The molecule has 1 saturated heterocycles. The first-order valence-corrected chi connectivity index (χ1v) is 11.1. The van der Waals surface area contributed by atoms with Gasteiger partial charge in [-0.3, -0.25) is 9.59 Å². The number of piperidine rings is 1. The second kappa shape index (κ2) is 9.37. The van der Waals surface area contributed by atoms with Gasteiger partial charge in [-0.15, -0.1) is 11.3 Å². The van der Waals surface area contributed by atoms with E-state index in [0.29, 0.717) is 13.1 Å². The van der Waals surface area contributed by atoms with Crippen LogP contribution in [0.3, 0.4) is 0 Å². The van der Waals surface area contributed by atoms with Crippen molar-refractivity contribution in [3.63, 3.8) is 0 Å². The predicted octanol–water partition coefficient (Wildman–Crippen LogP) is 4.78. The van der Waals surface area contributed by atoms with Crippen LogP contribution in [0.1, 0.15) is 63.6 Å². The molecule has 0 atom stereocenters. The summed E-state index contributed by atoms with van der Waals surface area (Å²) in [6.07, 6.45) is 3.59. The monoisotopic (exact) mass is 398 g/mol. The number of hydrogen-bond acceptors (Lipinski definition) is 3. The number of likely N-dealkylation sites (tertiary alicyclic amines) is 1. The van der Waals surface area contributed by atoms with E-state index in [9.17, 15) is 9.59 Å². The predicted molar refractivity (Wildman–Crippen MR) is 115 cm³/mol. The van der Waals surface area contributed by atoms with Gasteiger partial charge in [0.15, 0.2) is 0 Å². The summed E-state index contributed by atoms with van der Waals surface area (Å²) in [6, 6.07) is 11.7. The van der Waals surface area contributed by atoms with E-state index >= 15 is 0 Å². The molecule has 2 heterocycles. The molecule has 0 N–H and O–H groups in total. The van der Waals surface area contributed by atoms with Crippen molar-refractivity contribution in [2.45, 2.75) is 52.5 Å². The lowest BCUT2D eigenvalue weighted by atomic mass is 10.0. The van der Waals surface area contributed by atoms with Gasteiger partial charge in [0.1, 0.15) is 0 Å². The zero-order valence-corrected chi connectivity index (χ0v) is 17.9. The Hall–Kier alpha value is -2.14. The highest BCUT2D eigenvalue weighted by Gasteiger charge is 2.30. The Labute approximate surface area is 172 Å². The number of carbonyl (C=O) groups is 2. The minimum Gasteiger partial charge on any atom is -0.338 e. The van der Waals surface area contributed by atoms with Crippen LogP contribution in [-0.4, -0.2) is 47.3 Å². The van der Waals surface area contributed by atoms with Gasteiger partial charge < -0.3 is 9.80 Å². The molecule has 1 aromatic heterocycles. The molecule has 0 radical (unpaired) electrons. The van der Waals surface area contributed by atoms with Crippen molar-refractivity contribution >= 4 is 23.2 Å². The van der Waals surface area contributed by atoms with Gasteiger partial charge >= 0.3 is 0 Å². The highest BCUT2D eigenvalue weighted by molar-refractivity contribution is 7.14. The summed E-state index contributed by atoms with van der Waals surface area (Å²) in [5.74, 6) is 0.247. The quantitative estimate of drug-likeness (QED) is 0.703. The first-order valence-electron chi connectivity index (χ1n) is 10.3. The molecular formula is C23H30N2O2S. The Balaban J connectivity index is 1.67. The van der Waals surface area contributed by atoms with Crippen molar-refractivity contribution in [1.82, 2.24) is 9.80 Å². The van der Waals surface area contributed by atoms with Crippen LogP contribution in [0.2, 0.25) is 0 Å². The standard InChI is InChI=1S/C23H30N2O2S/c1-4-13-25(23(27)21-16-18(5-2)17(3)28-21)20-11-14-24(15-12-20)22(26)19-9-7-6-8-10-19/h6-10,16,20H,4-5,11-15H2,1-3H3. The van der Waals surface area contributed by atoms with Crippen molar-refractivity contribution in [3.8, 4) is 0 Å². The number of amides is 2. The molecule has 2 amide bonds. The maximum atomic E-state index is 13.2. The number of nitrogens with zero attached hydrogens (tertiary/aromatic N) is 2. The summed E-state index contributed by atoms with van der Waals surface area (Å²) in [6.45, 7) is 8.52.